The molecule has 8 heavy (non-hydrogen) atoms. The Morgan fingerprint density at radius 2 is 2.38 bits per heavy atom. The van der Waals surface area contributed by atoms with Crippen LogP contribution in [-0.4, -0.2) is 18.9 Å². The highest BCUT2D eigenvalue weighted by Crippen LogP contribution is 1.74. The van der Waals surface area contributed by atoms with Gasteiger partial charge in [-0.1, -0.05) is 6.92 Å². The van der Waals surface area contributed by atoms with Crippen molar-refractivity contribution in [1.82, 2.24) is 5.32 Å². The molecule has 0 aromatic rings. The van der Waals surface area contributed by atoms with Gasteiger partial charge in [0.25, 0.3) is 0 Å². The molecule has 0 heterocycles. The molecule has 0 saturated carbocycles. The van der Waals surface area contributed by atoms with E-state index in [4.69, 9.17) is 0 Å². The number of hydrogen-bond donors (Lipinski definition) is 1. The van der Waals surface area contributed by atoms with E-state index in [1.54, 1.807) is 0 Å². The van der Waals surface area contributed by atoms with E-state index in [1.165, 1.54) is 0 Å². The van der Waals surface area contributed by atoms with Crippen LogP contribution in [0.1, 0.15) is 20.3 Å². The molecule has 0 aromatic carbocycles. The van der Waals surface area contributed by atoms with E-state index in [0.717, 1.165) is 19.3 Å². The molecule has 48 valence electrons. The first-order chi connectivity index (χ1) is 3.81. The highest BCUT2D eigenvalue weighted by molar-refractivity contribution is 5.56. The van der Waals surface area contributed by atoms with Crippen molar-refractivity contribution in [2.45, 2.75) is 26.3 Å². The summed E-state index contributed by atoms with van der Waals surface area (Å²) < 4.78 is 0. The first-order valence-electron chi connectivity index (χ1n) is 3.00. The Bertz CT molecular complexity index is 63.5. The second-order valence-electron chi connectivity index (χ2n) is 1.88. The third-order valence-electron chi connectivity index (χ3n) is 0.920. The van der Waals surface area contributed by atoms with Crippen molar-refractivity contribution in [1.29, 1.82) is 0 Å². The van der Waals surface area contributed by atoms with Crippen LogP contribution in [0.3, 0.4) is 0 Å². The van der Waals surface area contributed by atoms with Crippen LogP contribution < -0.4 is 5.32 Å². The number of aldehydes is 1. The fourth-order valence-corrected chi connectivity index (χ4v) is 0.420. The lowest BCUT2D eigenvalue weighted by molar-refractivity contribution is -0.109. The summed E-state index contributed by atoms with van der Waals surface area (Å²) >= 11 is 0. The molecule has 0 spiro atoms. The van der Waals surface area contributed by atoms with Crippen molar-refractivity contribution in [3.63, 3.8) is 0 Å². The summed E-state index contributed by atoms with van der Waals surface area (Å²) in [6.07, 6.45) is 1.99. The molecule has 0 aromatic heterocycles. The largest absolute Gasteiger partial charge is 0.308 e. The van der Waals surface area contributed by atoms with E-state index in [0.29, 0.717) is 0 Å². The van der Waals surface area contributed by atoms with Crippen molar-refractivity contribution >= 4 is 6.29 Å². The molecule has 0 aliphatic heterocycles. The van der Waals surface area contributed by atoms with E-state index < -0.39 is 0 Å². The minimum absolute atomic E-state index is 0.0231. The maximum absolute atomic E-state index is 9.95. The molecule has 0 aliphatic rings. The molecular formula is C6H13NO. The van der Waals surface area contributed by atoms with Crippen molar-refractivity contribution in [3.8, 4) is 0 Å². The summed E-state index contributed by atoms with van der Waals surface area (Å²) in [4.78, 5) is 9.95. The standard InChI is InChI=1S/C6H13NO/c1-3-4-7-6(2)5-8/h5-7H,3-4H2,1-2H3. The Hall–Kier alpha value is -0.370. The molecule has 1 atom stereocenters. The second kappa shape index (κ2) is 4.78. The molecule has 0 fully saturated rings. The van der Waals surface area contributed by atoms with Gasteiger partial charge in [-0.3, -0.25) is 0 Å². The van der Waals surface area contributed by atoms with Crippen molar-refractivity contribution < 1.29 is 4.79 Å². The van der Waals surface area contributed by atoms with Crippen molar-refractivity contribution in [2.75, 3.05) is 6.54 Å². The molecular weight excluding hydrogens is 102 g/mol. The third-order valence-corrected chi connectivity index (χ3v) is 0.920. The summed E-state index contributed by atoms with van der Waals surface area (Å²) in [6, 6.07) is 0.0231. The van der Waals surface area contributed by atoms with Gasteiger partial charge in [-0.25, -0.2) is 0 Å². The quantitative estimate of drug-likeness (QED) is 0.543. The normalized spacial score (nSPS) is 13.2. The summed E-state index contributed by atoms with van der Waals surface area (Å²) in [5.74, 6) is 0. The van der Waals surface area contributed by atoms with Crippen LogP contribution in [0.4, 0.5) is 0 Å². The van der Waals surface area contributed by atoms with Gasteiger partial charge in [0.05, 0.1) is 6.04 Å². The Morgan fingerprint density at radius 1 is 1.75 bits per heavy atom. The van der Waals surface area contributed by atoms with Gasteiger partial charge in [-0.2, -0.15) is 0 Å². The Labute approximate surface area is 50.3 Å². The maximum atomic E-state index is 9.95. The highest BCUT2D eigenvalue weighted by atomic mass is 16.1. The SMILES string of the molecule is CCCNC(C)C=O. The third kappa shape index (κ3) is 3.81. The van der Waals surface area contributed by atoms with Gasteiger partial charge in [0, 0.05) is 0 Å². The van der Waals surface area contributed by atoms with Crippen molar-refractivity contribution in [3.05, 3.63) is 0 Å². The van der Waals surface area contributed by atoms with E-state index in [1.807, 2.05) is 6.92 Å². The average Bonchev–Trinajstić information content (AvgIpc) is 1.83. The van der Waals surface area contributed by atoms with Gasteiger partial charge in [0.1, 0.15) is 6.29 Å². The lowest BCUT2D eigenvalue weighted by Crippen LogP contribution is -2.27. The first-order valence-corrected chi connectivity index (χ1v) is 3.00. The van der Waals surface area contributed by atoms with E-state index in [2.05, 4.69) is 12.2 Å². The zero-order chi connectivity index (χ0) is 6.41. The number of carbonyl (C=O) groups is 1. The van der Waals surface area contributed by atoms with Gasteiger partial charge >= 0.3 is 0 Å². The highest BCUT2D eigenvalue weighted by Gasteiger charge is 1.92. The fraction of sp³-hybridized carbons (Fsp3) is 0.833. The number of hydrogen-bond acceptors (Lipinski definition) is 2. The maximum Gasteiger partial charge on any atom is 0.136 e. The summed E-state index contributed by atoms with van der Waals surface area (Å²) in [7, 11) is 0. The van der Waals surface area contributed by atoms with Crippen LogP contribution in [0.15, 0.2) is 0 Å². The van der Waals surface area contributed by atoms with E-state index in [9.17, 15) is 4.79 Å². The molecule has 0 aliphatic carbocycles. The van der Waals surface area contributed by atoms with Crippen LogP contribution in [-0.2, 0) is 4.79 Å². The number of carbonyl (C=O) groups excluding carboxylic acids is 1. The predicted molar refractivity (Wildman–Crippen MR) is 33.8 cm³/mol. The molecule has 0 radical (unpaired) electrons. The van der Waals surface area contributed by atoms with E-state index in [-0.39, 0.29) is 6.04 Å². The van der Waals surface area contributed by atoms with Crippen LogP contribution in [0.5, 0.6) is 0 Å². The Morgan fingerprint density at radius 3 is 2.75 bits per heavy atom. The first kappa shape index (κ1) is 7.63. The van der Waals surface area contributed by atoms with Crippen LogP contribution in [0.25, 0.3) is 0 Å². The predicted octanol–water partition coefficient (Wildman–Crippen LogP) is 0.573. The number of nitrogens with one attached hydrogen (secondary N) is 1. The molecule has 1 unspecified atom stereocenters. The summed E-state index contributed by atoms with van der Waals surface area (Å²) in [5.41, 5.74) is 0. The Balaban J connectivity index is 2.98. The monoisotopic (exact) mass is 115 g/mol. The molecule has 1 N–H and O–H groups in total. The average molecular weight is 115 g/mol. The molecule has 0 bridgehead atoms. The number of rotatable bonds is 4. The molecule has 0 amide bonds. The molecule has 0 rings (SSSR count). The lowest BCUT2D eigenvalue weighted by Gasteiger charge is -2.02. The summed E-state index contributed by atoms with van der Waals surface area (Å²) in [6.45, 7) is 4.85. The van der Waals surface area contributed by atoms with Gasteiger partial charge in [0.2, 0.25) is 0 Å². The van der Waals surface area contributed by atoms with Gasteiger partial charge < -0.3 is 10.1 Å². The molecule has 0 saturated heterocycles. The fourth-order valence-electron chi connectivity index (χ4n) is 0.420. The van der Waals surface area contributed by atoms with E-state index >= 15 is 0 Å². The smallest absolute Gasteiger partial charge is 0.136 e. The second-order valence-corrected chi connectivity index (χ2v) is 1.88. The van der Waals surface area contributed by atoms with Crippen molar-refractivity contribution in [2.24, 2.45) is 0 Å². The lowest BCUT2D eigenvalue weighted by atomic mass is 10.3. The Kier molecular flexibility index (Phi) is 4.56. The zero-order valence-corrected chi connectivity index (χ0v) is 5.48. The van der Waals surface area contributed by atoms with Gasteiger partial charge in [-0.05, 0) is 19.9 Å². The van der Waals surface area contributed by atoms with Gasteiger partial charge in [-0.15, -0.1) is 0 Å². The topological polar surface area (TPSA) is 29.1 Å². The molecule has 2 nitrogen and oxygen atoms in total. The summed E-state index contributed by atoms with van der Waals surface area (Å²) in [5, 5.41) is 3.01. The van der Waals surface area contributed by atoms with Crippen LogP contribution in [0.2, 0.25) is 0 Å². The minimum atomic E-state index is 0.0231. The molecule has 2 heteroatoms. The van der Waals surface area contributed by atoms with Crippen LogP contribution >= 0.6 is 0 Å². The van der Waals surface area contributed by atoms with Gasteiger partial charge in [0.15, 0.2) is 0 Å². The zero-order valence-electron chi connectivity index (χ0n) is 5.48. The van der Waals surface area contributed by atoms with Crippen LogP contribution in [0, 0.1) is 0 Å². The minimum Gasteiger partial charge on any atom is -0.308 e.